The summed E-state index contributed by atoms with van der Waals surface area (Å²) < 4.78 is 5.51. The van der Waals surface area contributed by atoms with Crippen LogP contribution in [0.3, 0.4) is 0 Å². The van der Waals surface area contributed by atoms with Crippen molar-refractivity contribution in [3.8, 4) is 0 Å². The van der Waals surface area contributed by atoms with Crippen molar-refractivity contribution in [2.24, 2.45) is 11.8 Å². The smallest absolute Gasteiger partial charge is 0.161 e. The Balaban J connectivity index is 2.30. The fraction of sp³-hybridized carbons (Fsp3) is 0.667. The molecule has 1 aliphatic heterocycles. The molecule has 0 saturated carbocycles. The van der Waals surface area contributed by atoms with Crippen LogP contribution in [-0.4, -0.2) is 18.0 Å². The number of carbonyl (C=O) groups is 1. The number of ketones is 1. The maximum atomic E-state index is 11.2. The van der Waals surface area contributed by atoms with Crippen LogP contribution in [0.5, 0.6) is 0 Å². The molecule has 2 nitrogen and oxygen atoms in total. The fourth-order valence-corrected chi connectivity index (χ4v) is 1.94. The van der Waals surface area contributed by atoms with Crippen molar-refractivity contribution in [1.82, 2.24) is 0 Å². The SMILES string of the molecule is CC1(C)OC[C@H]2C(=O)C=C[C@H]21. The first-order valence-electron chi connectivity index (χ1n) is 3.97. The normalized spacial score (nSPS) is 39.6. The number of allylic oxidation sites excluding steroid dienone is 1. The molecule has 0 aromatic carbocycles. The van der Waals surface area contributed by atoms with Crippen LogP contribution >= 0.6 is 0 Å². The Morgan fingerprint density at radius 1 is 1.64 bits per heavy atom. The Morgan fingerprint density at radius 2 is 2.36 bits per heavy atom. The van der Waals surface area contributed by atoms with Crippen molar-refractivity contribution < 1.29 is 9.53 Å². The third-order valence-electron chi connectivity index (χ3n) is 2.70. The summed E-state index contributed by atoms with van der Waals surface area (Å²) in [5, 5.41) is 0. The minimum absolute atomic E-state index is 0.116. The summed E-state index contributed by atoms with van der Waals surface area (Å²) >= 11 is 0. The molecular weight excluding hydrogens is 140 g/mol. The van der Waals surface area contributed by atoms with E-state index < -0.39 is 0 Å². The van der Waals surface area contributed by atoms with Gasteiger partial charge in [0.2, 0.25) is 0 Å². The highest BCUT2D eigenvalue weighted by Crippen LogP contribution is 2.40. The summed E-state index contributed by atoms with van der Waals surface area (Å²) in [5.41, 5.74) is -0.132. The summed E-state index contributed by atoms with van der Waals surface area (Å²) in [6, 6.07) is 0. The fourth-order valence-electron chi connectivity index (χ4n) is 1.94. The zero-order chi connectivity index (χ0) is 8.06. The number of hydrogen-bond acceptors (Lipinski definition) is 2. The second-order valence-electron chi connectivity index (χ2n) is 3.81. The van der Waals surface area contributed by atoms with E-state index in [9.17, 15) is 4.79 Å². The Labute approximate surface area is 66.2 Å². The maximum Gasteiger partial charge on any atom is 0.161 e. The van der Waals surface area contributed by atoms with Crippen molar-refractivity contribution in [3.05, 3.63) is 12.2 Å². The molecule has 0 radical (unpaired) electrons. The summed E-state index contributed by atoms with van der Waals surface area (Å²) in [5.74, 6) is 0.667. The van der Waals surface area contributed by atoms with Gasteiger partial charge in [0.25, 0.3) is 0 Å². The van der Waals surface area contributed by atoms with E-state index in [1.165, 1.54) is 0 Å². The highest BCUT2D eigenvalue weighted by molar-refractivity contribution is 5.95. The molecular formula is C9H12O2. The van der Waals surface area contributed by atoms with Crippen LogP contribution in [0.2, 0.25) is 0 Å². The Bertz CT molecular complexity index is 228. The molecule has 11 heavy (non-hydrogen) atoms. The van der Waals surface area contributed by atoms with Crippen molar-refractivity contribution in [2.75, 3.05) is 6.61 Å². The van der Waals surface area contributed by atoms with Gasteiger partial charge in [-0.3, -0.25) is 4.79 Å². The van der Waals surface area contributed by atoms with Gasteiger partial charge in [-0.25, -0.2) is 0 Å². The summed E-state index contributed by atoms with van der Waals surface area (Å²) in [7, 11) is 0. The average Bonchev–Trinajstić information content (AvgIpc) is 2.39. The van der Waals surface area contributed by atoms with Gasteiger partial charge in [-0.2, -0.15) is 0 Å². The first-order chi connectivity index (χ1) is 5.11. The molecule has 1 aliphatic carbocycles. The number of fused-ring (bicyclic) bond motifs is 1. The van der Waals surface area contributed by atoms with Crippen molar-refractivity contribution in [2.45, 2.75) is 19.4 Å². The molecule has 2 aliphatic rings. The first-order valence-corrected chi connectivity index (χ1v) is 3.97. The second-order valence-corrected chi connectivity index (χ2v) is 3.81. The number of carbonyl (C=O) groups excluding carboxylic acids is 1. The maximum absolute atomic E-state index is 11.2. The molecule has 0 spiro atoms. The second kappa shape index (κ2) is 1.95. The van der Waals surface area contributed by atoms with Gasteiger partial charge in [-0.05, 0) is 19.9 Å². The molecule has 0 unspecified atom stereocenters. The van der Waals surface area contributed by atoms with Crippen LogP contribution in [0, 0.1) is 11.8 Å². The highest BCUT2D eigenvalue weighted by atomic mass is 16.5. The molecule has 1 heterocycles. The zero-order valence-electron chi connectivity index (χ0n) is 6.83. The van der Waals surface area contributed by atoms with Crippen LogP contribution in [0.25, 0.3) is 0 Å². The third-order valence-corrected chi connectivity index (χ3v) is 2.70. The van der Waals surface area contributed by atoms with E-state index in [0.717, 1.165) is 0 Å². The molecule has 1 saturated heterocycles. The zero-order valence-corrected chi connectivity index (χ0v) is 6.83. The quantitative estimate of drug-likeness (QED) is 0.520. The van der Waals surface area contributed by atoms with E-state index in [1.807, 2.05) is 19.9 Å². The minimum atomic E-state index is -0.132. The summed E-state index contributed by atoms with van der Waals surface area (Å²) in [6.07, 6.45) is 3.68. The van der Waals surface area contributed by atoms with Crippen LogP contribution in [0.15, 0.2) is 12.2 Å². The largest absolute Gasteiger partial charge is 0.374 e. The summed E-state index contributed by atoms with van der Waals surface area (Å²) in [6.45, 7) is 4.69. The van der Waals surface area contributed by atoms with E-state index in [0.29, 0.717) is 12.5 Å². The lowest BCUT2D eigenvalue weighted by Gasteiger charge is -2.22. The molecule has 0 aromatic heterocycles. The first kappa shape index (κ1) is 7.04. The molecule has 0 N–H and O–H groups in total. The van der Waals surface area contributed by atoms with Gasteiger partial charge in [0, 0.05) is 5.92 Å². The predicted molar refractivity (Wildman–Crippen MR) is 41.2 cm³/mol. The standard InChI is InChI=1S/C9H12O2/c1-9(2)7-3-4-8(10)6(7)5-11-9/h3-4,6-7H,5H2,1-2H3/t6-,7-/m1/s1. The Hall–Kier alpha value is -0.630. The van der Waals surface area contributed by atoms with E-state index in [2.05, 4.69) is 0 Å². The van der Waals surface area contributed by atoms with E-state index in [4.69, 9.17) is 4.74 Å². The predicted octanol–water partition coefficient (Wildman–Crippen LogP) is 1.17. The Kier molecular flexibility index (Phi) is 1.25. The molecule has 0 bridgehead atoms. The van der Waals surface area contributed by atoms with E-state index in [1.54, 1.807) is 6.08 Å². The molecule has 0 amide bonds. The van der Waals surface area contributed by atoms with Gasteiger partial charge >= 0.3 is 0 Å². The molecule has 60 valence electrons. The van der Waals surface area contributed by atoms with Gasteiger partial charge in [-0.15, -0.1) is 0 Å². The molecule has 2 rings (SSSR count). The van der Waals surface area contributed by atoms with Crippen LogP contribution in [0.1, 0.15) is 13.8 Å². The van der Waals surface area contributed by atoms with Crippen LogP contribution in [-0.2, 0) is 9.53 Å². The lowest BCUT2D eigenvalue weighted by molar-refractivity contribution is -0.117. The number of ether oxygens (including phenoxy) is 1. The molecule has 0 aromatic rings. The highest BCUT2D eigenvalue weighted by Gasteiger charge is 2.46. The van der Waals surface area contributed by atoms with Crippen LogP contribution in [0.4, 0.5) is 0 Å². The van der Waals surface area contributed by atoms with Gasteiger partial charge < -0.3 is 4.74 Å². The third kappa shape index (κ3) is 0.857. The summed E-state index contributed by atoms with van der Waals surface area (Å²) in [4.78, 5) is 11.2. The molecule has 2 atom stereocenters. The van der Waals surface area contributed by atoms with Crippen molar-refractivity contribution in [3.63, 3.8) is 0 Å². The van der Waals surface area contributed by atoms with Crippen molar-refractivity contribution in [1.29, 1.82) is 0 Å². The Morgan fingerprint density at radius 3 is 3.00 bits per heavy atom. The minimum Gasteiger partial charge on any atom is -0.374 e. The lowest BCUT2D eigenvalue weighted by atomic mass is 9.86. The topological polar surface area (TPSA) is 26.3 Å². The van der Waals surface area contributed by atoms with Gasteiger partial charge in [0.15, 0.2) is 5.78 Å². The van der Waals surface area contributed by atoms with Gasteiger partial charge in [0.1, 0.15) is 0 Å². The monoisotopic (exact) mass is 152 g/mol. The van der Waals surface area contributed by atoms with Crippen molar-refractivity contribution >= 4 is 5.78 Å². The van der Waals surface area contributed by atoms with E-state index in [-0.39, 0.29) is 17.3 Å². The molecule has 1 fully saturated rings. The van der Waals surface area contributed by atoms with Gasteiger partial charge in [0.05, 0.1) is 18.1 Å². The number of hydrogen-bond donors (Lipinski definition) is 0. The average molecular weight is 152 g/mol. The van der Waals surface area contributed by atoms with E-state index >= 15 is 0 Å². The lowest BCUT2D eigenvalue weighted by Crippen LogP contribution is -2.27. The molecule has 2 heteroatoms. The number of rotatable bonds is 0. The van der Waals surface area contributed by atoms with Crippen LogP contribution < -0.4 is 0 Å². The van der Waals surface area contributed by atoms with Gasteiger partial charge in [-0.1, -0.05) is 6.08 Å².